The van der Waals surface area contributed by atoms with Crippen LogP contribution in [0.4, 0.5) is 23.1 Å². The largest absolute Gasteiger partial charge is 0.478 e. The number of anilines is 4. The molecule has 2 heterocycles. The highest BCUT2D eigenvalue weighted by atomic mass is 16.5. The lowest BCUT2D eigenvalue weighted by atomic mass is 10.1. The van der Waals surface area contributed by atoms with E-state index < -0.39 is 5.97 Å². The second-order valence-electron chi connectivity index (χ2n) is 7.84. The summed E-state index contributed by atoms with van der Waals surface area (Å²) in [5.41, 5.74) is 4.65. The molecule has 3 aromatic rings. The highest BCUT2D eigenvalue weighted by Gasteiger charge is 2.15. The third kappa shape index (κ3) is 5.76. The van der Waals surface area contributed by atoms with Gasteiger partial charge in [-0.25, -0.2) is 9.78 Å². The van der Waals surface area contributed by atoms with E-state index in [9.17, 15) is 15.0 Å². The molecule has 4 N–H and O–H groups in total. The molecule has 172 valence electrons. The predicted octanol–water partition coefficient (Wildman–Crippen LogP) is 3.17. The summed E-state index contributed by atoms with van der Waals surface area (Å²) in [6.07, 6.45) is 1.64. The Morgan fingerprint density at radius 1 is 1.15 bits per heavy atom. The molecule has 2 aromatic carbocycles. The zero-order valence-corrected chi connectivity index (χ0v) is 18.4. The van der Waals surface area contributed by atoms with Crippen LogP contribution >= 0.6 is 0 Å². The van der Waals surface area contributed by atoms with Crippen molar-refractivity contribution in [1.82, 2.24) is 9.97 Å². The number of benzene rings is 2. The number of ether oxygens (including phenoxy) is 1. The lowest BCUT2D eigenvalue weighted by molar-refractivity contribution is 0.0697. The second-order valence-corrected chi connectivity index (χ2v) is 7.84. The number of aromatic carboxylic acids is 1. The molecule has 9 heteroatoms. The van der Waals surface area contributed by atoms with Crippen LogP contribution in [0.3, 0.4) is 0 Å². The average molecular weight is 450 g/mol. The lowest BCUT2D eigenvalue weighted by Crippen LogP contribution is -2.36. The van der Waals surface area contributed by atoms with Crippen LogP contribution in [0.2, 0.25) is 0 Å². The third-order valence-corrected chi connectivity index (χ3v) is 5.51. The number of aryl methyl sites for hydroxylation is 1. The molecule has 1 aromatic heterocycles. The van der Waals surface area contributed by atoms with Crippen molar-refractivity contribution in [2.24, 2.45) is 0 Å². The molecule has 4 rings (SSSR count). The molecule has 1 saturated heterocycles. The highest BCUT2D eigenvalue weighted by Crippen LogP contribution is 2.25. The quantitative estimate of drug-likeness (QED) is 0.411. The van der Waals surface area contributed by atoms with Crippen LogP contribution in [0.5, 0.6) is 0 Å². The molecular formula is C24H27N5O4. The summed E-state index contributed by atoms with van der Waals surface area (Å²) >= 11 is 0. The molecule has 0 spiro atoms. The molecule has 0 bridgehead atoms. The van der Waals surface area contributed by atoms with Crippen LogP contribution in [0.1, 0.15) is 27.0 Å². The monoisotopic (exact) mass is 449 g/mol. The maximum Gasteiger partial charge on any atom is 0.335 e. The first-order valence-corrected chi connectivity index (χ1v) is 10.8. The minimum Gasteiger partial charge on any atom is -0.478 e. The number of carboxylic acid groups (broad SMARTS) is 1. The van der Waals surface area contributed by atoms with Crippen LogP contribution in [0, 0.1) is 6.92 Å². The van der Waals surface area contributed by atoms with Gasteiger partial charge in [-0.2, -0.15) is 4.98 Å². The van der Waals surface area contributed by atoms with E-state index in [4.69, 9.17) is 4.74 Å². The first-order valence-electron chi connectivity index (χ1n) is 10.8. The van der Waals surface area contributed by atoms with Gasteiger partial charge in [0.15, 0.2) is 0 Å². The molecule has 0 atom stereocenters. The summed E-state index contributed by atoms with van der Waals surface area (Å²) in [5.74, 6) is -0.00892. The maximum absolute atomic E-state index is 11.7. The smallest absolute Gasteiger partial charge is 0.335 e. The fourth-order valence-electron chi connectivity index (χ4n) is 3.66. The van der Waals surface area contributed by atoms with E-state index >= 15 is 0 Å². The van der Waals surface area contributed by atoms with E-state index in [1.165, 1.54) is 0 Å². The van der Waals surface area contributed by atoms with Crippen molar-refractivity contribution in [3.05, 3.63) is 70.9 Å². The summed E-state index contributed by atoms with van der Waals surface area (Å²) < 4.78 is 5.40. The van der Waals surface area contributed by atoms with E-state index in [1.54, 1.807) is 24.4 Å². The number of aliphatic hydroxyl groups is 1. The topological polar surface area (TPSA) is 120 Å². The van der Waals surface area contributed by atoms with Gasteiger partial charge in [-0.3, -0.25) is 0 Å². The molecule has 33 heavy (non-hydrogen) atoms. The van der Waals surface area contributed by atoms with Crippen LogP contribution in [-0.4, -0.2) is 52.5 Å². The minimum absolute atomic E-state index is 0.00327. The Morgan fingerprint density at radius 2 is 1.97 bits per heavy atom. The summed E-state index contributed by atoms with van der Waals surface area (Å²) in [6, 6.07) is 12.8. The Hall–Kier alpha value is -3.69. The molecule has 0 saturated carbocycles. The molecule has 0 amide bonds. The molecule has 0 radical (unpaired) electrons. The fraction of sp³-hybridized carbons (Fsp3) is 0.292. The number of aromatic nitrogens is 2. The molecule has 9 nitrogen and oxygen atoms in total. The van der Waals surface area contributed by atoms with Crippen LogP contribution in [0.25, 0.3) is 0 Å². The van der Waals surface area contributed by atoms with Gasteiger partial charge >= 0.3 is 5.97 Å². The number of carboxylic acids is 1. The van der Waals surface area contributed by atoms with E-state index in [2.05, 4.69) is 25.5 Å². The normalized spacial score (nSPS) is 13.6. The molecule has 1 fully saturated rings. The molecular weight excluding hydrogens is 422 g/mol. The van der Waals surface area contributed by atoms with Crippen LogP contribution in [-0.2, 0) is 17.9 Å². The summed E-state index contributed by atoms with van der Waals surface area (Å²) in [7, 11) is 0. The van der Waals surface area contributed by atoms with Crippen molar-refractivity contribution >= 4 is 29.1 Å². The number of morpholine rings is 1. The Labute approximate surface area is 192 Å². The van der Waals surface area contributed by atoms with E-state index in [0.29, 0.717) is 50.3 Å². The highest BCUT2D eigenvalue weighted by molar-refractivity contribution is 5.91. The standard InChI is InChI=1S/C24H27N5O4/c1-16-2-3-17(15-30)10-19(16)14-26-22-4-5-25-24(28-22)27-20-11-18(23(31)32)12-21(13-20)29-6-8-33-9-7-29/h2-5,10-13,30H,6-9,14-15H2,1H3,(H,31,32)(H2,25,26,27,28). The predicted molar refractivity (Wildman–Crippen MR) is 126 cm³/mol. The Morgan fingerprint density at radius 3 is 2.73 bits per heavy atom. The average Bonchev–Trinajstić information content (AvgIpc) is 2.84. The first kappa shape index (κ1) is 22.5. The van der Waals surface area contributed by atoms with Crippen LogP contribution < -0.4 is 15.5 Å². The molecule has 1 aliphatic rings. The molecule has 0 unspecified atom stereocenters. The maximum atomic E-state index is 11.7. The van der Waals surface area contributed by atoms with Gasteiger partial charge in [0.05, 0.1) is 25.4 Å². The number of aliphatic hydroxyl groups excluding tert-OH is 1. The number of nitrogens with zero attached hydrogens (tertiary/aromatic N) is 3. The van der Waals surface area contributed by atoms with Gasteiger partial charge in [0.25, 0.3) is 0 Å². The SMILES string of the molecule is Cc1ccc(CO)cc1CNc1ccnc(Nc2cc(C(=O)O)cc(N3CCOCC3)c2)n1. The number of hydrogen-bond donors (Lipinski definition) is 4. The van der Waals surface area contributed by atoms with E-state index in [0.717, 1.165) is 22.4 Å². The zero-order valence-electron chi connectivity index (χ0n) is 18.4. The van der Waals surface area contributed by atoms with Gasteiger partial charge in [0.1, 0.15) is 5.82 Å². The van der Waals surface area contributed by atoms with Crippen molar-refractivity contribution in [3.63, 3.8) is 0 Å². The summed E-state index contributed by atoms with van der Waals surface area (Å²) in [4.78, 5) is 22.5. The molecule has 0 aliphatic carbocycles. The number of carbonyl (C=O) groups is 1. The Bertz CT molecular complexity index is 1130. The minimum atomic E-state index is -0.995. The van der Waals surface area contributed by atoms with Gasteiger partial charge in [-0.15, -0.1) is 0 Å². The van der Waals surface area contributed by atoms with Crippen molar-refractivity contribution < 1.29 is 19.7 Å². The van der Waals surface area contributed by atoms with E-state index in [-0.39, 0.29) is 12.2 Å². The van der Waals surface area contributed by atoms with Gasteiger partial charge < -0.3 is 30.5 Å². The lowest BCUT2D eigenvalue weighted by Gasteiger charge is -2.29. The van der Waals surface area contributed by atoms with Gasteiger partial charge in [0, 0.05) is 37.2 Å². The first-order chi connectivity index (χ1) is 16.0. The van der Waals surface area contributed by atoms with Crippen LogP contribution in [0.15, 0.2) is 48.7 Å². The Balaban J connectivity index is 1.51. The van der Waals surface area contributed by atoms with Gasteiger partial charge in [0.2, 0.25) is 5.95 Å². The Kier molecular flexibility index (Phi) is 7.01. The van der Waals surface area contributed by atoms with Gasteiger partial charge in [-0.05, 0) is 47.9 Å². The van der Waals surface area contributed by atoms with E-state index in [1.807, 2.05) is 31.2 Å². The number of rotatable bonds is 8. The zero-order chi connectivity index (χ0) is 23.2. The number of hydrogen-bond acceptors (Lipinski definition) is 8. The summed E-state index contributed by atoms with van der Waals surface area (Å²) in [6.45, 7) is 5.19. The van der Waals surface area contributed by atoms with Crippen molar-refractivity contribution in [3.8, 4) is 0 Å². The fourth-order valence-corrected chi connectivity index (χ4v) is 3.66. The van der Waals surface area contributed by atoms with Crippen molar-refractivity contribution in [2.45, 2.75) is 20.1 Å². The third-order valence-electron chi connectivity index (χ3n) is 5.51. The second kappa shape index (κ2) is 10.3. The summed E-state index contributed by atoms with van der Waals surface area (Å²) in [5, 5.41) is 25.3. The number of nitrogens with one attached hydrogen (secondary N) is 2. The molecule has 1 aliphatic heterocycles. The van der Waals surface area contributed by atoms with Gasteiger partial charge in [-0.1, -0.05) is 18.2 Å². The van der Waals surface area contributed by atoms with Crippen molar-refractivity contribution in [2.75, 3.05) is 41.8 Å². The van der Waals surface area contributed by atoms with Crippen molar-refractivity contribution in [1.29, 1.82) is 0 Å².